The summed E-state index contributed by atoms with van der Waals surface area (Å²) in [6.07, 6.45) is 4.99. The predicted molar refractivity (Wildman–Crippen MR) is 71.7 cm³/mol. The second kappa shape index (κ2) is 5.76. The number of ether oxygens (including phenoxy) is 1. The minimum Gasteiger partial charge on any atom is -0.497 e. The molecule has 18 heavy (non-hydrogen) atoms. The molecule has 0 spiro atoms. The third kappa shape index (κ3) is 2.94. The standard InChI is InChI=1S/C14H20N2O2/c1-18-11-6-7-13(15)12(8-11)14(17)16-9-10-4-2-3-5-10/h6-8,10H,2-5,9,15H2,1H3,(H,16,17). The molecule has 0 aromatic heterocycles. The molecule has 0 bridgehead atoms. The third-order valence-corrected chi connectivity index (χ3v) is 3.53. The summed E-state index contributed by atoms with van der Waals surface area (Å²) >= 11 is 0. The summed E-state index contributed by atoms with van der Waals surface area (Å²) in [5.74, 6) is 1.16. The quantitative estimate of drug-likeness (QED) is 0.803. The number of rotatable bonds is 4. The van der Waals surface area contributed by atoms with E-state index in [1.807, 2.05) is 0 Å². The van der Waals surface area contributed by atoms with E-state index in [2.05, 4.69) is 5.32 Å². The lowest BCUT2D eigenvalue weighted by Gasteiger charge is -2.12. The Morgan fingerprint density at radius 2 is 2.17 bits per heavy atom. The third-order valence-electron chi connectivity index (χ3n) is 3.53. The highest BCUT2D eigenvalue weighted by molar-refractivity contribution is 5.99. The van der Waals surface area contributed by atoms with Crippen LogP contribution in [0.15, 0.2) is 18.2 Å². The number of hydrogen-bond acceptors (Lipinski definition) is 3. The molecular formula is C14H20N2O2. The van der Waals surface area contributed by atoms with Crippen molar-refractivity contribution in [3.05, 3.63) is 23.8 Å². The first-order chi connectivity index (χ1) is 8.70. The van der Waals surface area contributed by atoms with E-state index in [4.69, 9.17) is 10.5 Å². The Bertz CT molecular complexity index is 426. The number of amides is 1. The van der Waals surface area contributed by atoms with E-state index in [1.165, 1.54) is 25.7 Å². The zero-order chi connectivity index (χ0) is 13.0. The fourth-order valence-electron chi connectivity index (χ4n) is 2.41. The lowest BCUT2D eigenvalue weighted by atomic mass is 10.1. The van der Waals surface area contributed by atoms with Crippen molar-refractivity contribution in [1.82, 2.24) is 5.32 Å². The summed E-state index contributed by atoms with van der Waals surface area (Å²) < 4.78 is 5.10. The van der Waals surface area contributed by atoms with E-state index < -0.39 is 0 Å². The number of nitrogens with two attached hydrogens (primary N) is 1. The van der Waals surface area contributed by atoms with Gasteiger partial charge in [0.2, 0.25) is 0 Å². The molecule has 1 aliphatic rings. The van der Waals surface area contributed by atoms with Crippen molar-refractivity contribution in [3.63, 3.8) is 0 Å². The molecule has 0 atom stereocenters. The van der Waals surface area contributed by atoms with Gasteiger partial charge in [-0.1, -0.05) is 12.8 Å². The van der Waals surface area contributed by atoms with Crippen LogP contribution in [0, 0.1) is 5.92 Å². The number of anilines is 1. The fraction of sp³-hybridized carbons (Fsp3) is 0.500. The van der Waals surface area contributed by atoms with Gasteiger partial charge in [-0.25, -0.2) is 0 Å². The van der Waals surface area contributed by atoms with Gasteiger partial charge in [-0.05, 0) is 37.0 Å². The molecule has 3 N–H and O–H groups in total. The van der Waals surface area contributed by atoms with Crippen molar-refractivity contribution >= 4 is 11.6 Å². The molecule has 0 heterocycles. The molecule has 98 valence electrons. The second-order valence-electron chi connectivity index (χ2n) is 4.81. The second-order valence-corrected chi connectivity index (χ2v) is 4.81. The highest BCUT2D eigenvalue weighted by atomic mass is 16.5. The van der Waals surface area contributed by atoms with Crippen molar-refractivity contribution < 1.29 is 9.53 Å². The first-order valence-corrected chi connectivity index (χ1v) is 6.42. The Hall–Kier alpha value is -1.71. The van der Waals surface area contributed by atoms with Crippen LogP contribution in [-0.4, -0.2) is 19.6 Å². The van der Waals surface area contributed by atoms with Crippen LogP contribution in [0.25, 0.3) is 0 Å². The molecule has 4 heteroatoms. The van der Waals surface area contributed by atoms with Crippen LogP contribution in [-0.2, 0) is 0 Å². The number of carbonyl (C=O) groups excluding carboxylic acids is 1. The van der Waals surface area contributed by atoms with Crippen LogP contribution in [0.1, 0.15) is 36.0 Å². The van der Waals surface area contributed by atoms with Gasteiger partial charge >= 0.3 is 0 Å². The molecule has 4 nitrogen and oxygen atoms in total. The number of benzene rings is 1. The Kier molecular flexibility index (Phi) is 4.07. The first kappa shape index (κ1) is 12.7. The molecule has 1 aromatic rings. The van der Waals surface area contributed by atoms with E-state index in [0.717, 1.165) is 6.54 Å². The zero-order valence-electron chi connectivity index (χ0n) is 10.7. The monoisotopic (exact) mass is 248 g/mol. The van der Waals surface area contributed by atoms with Gasteiger partial charge in [-0.15, -0.1) is 0 Å². The van der Waals surface area contributed by atoms with Gasteiger partial charge in [0.15, 0.2) is 0 Å². The van der Waals surface area contributed by atoms with E-state index in [-0.39, 0.29) is 5.91 Å². The number of hydrogen-bond donors (Lipinski definition) is 2. The highest BCUT2D eigenvalue weighted by Gasteiger charge is 2.17. The van der Waals surface area contributed by atoms with Gasteiger partial charge in [0.25, 0.3) is 5.91 Å². The van der Waals surface area contributed by atoms with Gasteiger partial charge in [-0.3, -0.25) is 4.79 Å². The van der Waals surface area contributed by atoms with E-state index >= 15 is 0 Å². The first-order valence-electron chi connectivity index (χ1n) is 6.42. The minimum atomic E-state index is -0.113. The van der Waals surface area contributed by atoms with Crippen molar-refractivity contribution in [3.8, 4) is 5.75 Å². The van der Waals surface area contributed by atoms with Crippen LogP contribution in [0.4, 0.5) is 5.69 Å². The SMILES string of the molecule is COc1ccc(N)c(C(=O)NCC2CCCC2)c1. The number of nitrogens with one attached hydrogen (secondary N) is 1. The average molecular weight is 248 g/mol. The largest absolute Gasteiger partial charge is 0.497 e. The van der Waals surface area contributed by atoms with Gasteiger partial charge in [0, 0.05) is 12.2 Å². The maximum absolute atomic E-state index is 12.0. The molecule has 0 unspecified atom stereocenters. The smallest absolute Gasteiger partial charge is 0.253 e. The Labute approximate surface area is 108 Å². The summed E-state index contributed by atoms with van der Waals surface area (Å²) in [7, 11) is 1.58. The van der Waals surface area contributed by atoms with Crippen LogP contribution < -0.4 is 15.8 Å². The lowest BCUT2D eigenvalue weighted by molar-refractivity contribution is 0.0948. The summed E-state index contributed by atoms with van der Waals surface area (Å²) in [5, 5.41) is 2.96. The van der Waals surface area contributed by atoms with Crippen molar-refractivity contribution in [2.75, 3.05) is 19.4 Å². The highest BCUT2D eigenvalue weighted by Crippen LogP contribution is 2.24. The van der Waals surface area contributed by atoms with Crippen LogP contribution >= 0.6 is 0 Å². The normalized spacial score (nSPS) is 15.6. The van der Waals surface area contributed by atoms with E-state index in [1.54, 1.807) is 25.3 Å². The van der Waals surface area contributed by atoms with Crippen molar-refractivity contribution in [2.24, 2.45) is 5.92 Å². The summed E-state index contributed by atoms with van der Waals surface area (Å²) in [4.78, 5) is 12.0. The maximum atomic E-state index is 12.0. The number of nitrogen functional groups attached to an aromatic ring is 1. The Balaban J connectivity index is 1.98. The van der Waals surface area contributed by atoms with Gasteiger partial charge in [0.05, 0.1) is 12.7 Å². The molecule has 1 aromatic carbocycles. The van der Waals surface area contributed by atoms with E-state index in [9.17, 15) is 4.79 Å². The van der Waals surface area contributed by atoms with Gasteiger partial charge in [-0.2, -0.15) is 0 Å². The Morgan fingerprint density at radius 1 is 1.44 bits per heavy atom. The predicted octanol–water partition coefficient (Wildman–Crippen LogP) is 2.20. The van der Waals surface area contributed by atoms with Crippen LogP contribution in [0.3, 0.4) is 0 Å². The van der Waals surface area contributed by atoms with Crippen molar-refractivity contribution in [1.29, 1.82) is 0 Å². The number of methoxy groups -OCH3 is 1. The molecule has 2 rings (SSSR count). The maximum Gasteiger partial charge on any atom is 0.253 e. The topological polar surface area (TPSA) is 64.3 Å². The summed E-state index contributed by atoms with van der Waals surface area (Å²) in [6.45, 7) is 0.746. The Morgan fingerprint density at radius 3 is 2.83 bits per heavy atom. The van der Waals surface area contributed by atoms with Gasteiger partial charge in [0.1, 0.15) is 5.75 Å². The van der Waals surface area contributed by atoms with Crippen LogP contribution in [0.5, 0.6) is 5.75 Å². The molecular weight excluding hydrogens is 228 g/mol. The summed E-state index contributed by atoms with van der Waals surface area (Å²) in [6, 6.07) is 5.13. The molecule has 0 aliphatic heterocycles. The summed E-state index contributed by atoms with van der Waals surface area (Å²) in [5.41, 5.74) is 6.79. The average Bonchev–Trinajstić information content (AvgIpc) is 2.89. The molecule has 1 aliphatic carbocycles. The molecule has 1 amide bonds. The zero-order valence-corrected chi connectivity index (χ0v) is 10.7. The lowest BCUT2D eigenvalue weighted by Crippen LogP contribution is -2.29. The molecule has 1 saturated carbocycles. The van der Waals surface area contributed by atoms with E-state index in [0.29, 0.717) is 22.9 Å². The number of carbonyl (C=O) groups is 1. The fourth-order valence-corrected chi connectivity index (χ4v) is 2.41. The molecule has 1 fully saturated rings. The minimum absolute atomic E-state index is 0.113. The molecule has 0 radical (unpaired) electrons. The van der Waals surface area contributed by atoms with Crippen LogP contribution in [0.2, 0.25) is 0 Å². The van der Waals surface area contributed by atoms with Gasteiger partial charge < -0.3 is 15.8 Å². The molecule has 0 saturated heterocycles. The van der Waals surface area contributed by atoms with Crippen molar-refractivity contribution in [2.45, 2.75) is 25.7 Å².